The Kier molecular flexibility index (Phi) is 4.43. The standard InChI is InChI=1S/C17H19BrO/c1-11-5-4-6-12(2)15(11)10-17(19)14-8-7-13(3)16(18)9-14/h4-9,17,19H,10H2,1-3H3. The zero-order valence-electron chi connectivity index (χ0n) is 11.6. The van der Waals surface area contributed by atoms with Crippen LogP contribution in [0.25, 0.3) is 0 Å². The lowest BCUT2D eigenvalue weighted by Gasteiger charge is -2.16. The van der Waals surface area contributed by atoms with E-state index >= 15 is 0 Å². The summed E-state index contributed by atoms with van der Waals surface area (Å²) in [6.45, 7) is 6.24. The topological polar surface area (TPSA) is 20.2 Å². The van der Waals surface area contributed by atoms with Crippen molar-refractivity contribution >= 4 is 15.9 Å². The van der Waals surface area contributed by atoms with Gasteiger partial charge in [-0.05, 0) is 54.7 Å². The molecule has 0 aliphatic carbocycles. The van der Waals surface area contributed by atoms with E-state index in [2.05, 4.69) is 48.0 Å². The van der Waals surface area contributed by atoms with Gasteiger partial charge in [0.2, 0.25) is 0 Å². The van der Waals surface area contributed by atoms with Crippen molar-refractivity contribution in [3.05, 3.63) is 68.7 Å². The number of aliphatic hydroxyl groups excluding tert-OH is 1. The zero-order valence-corrected chi connectivity index (χ0v) is 13.2. The minimum absolute atomic E-state index is 0.461. The smallest absolute Gasteiger partial charge is 0.0830 e. The van der Waals surface area contributed by atoms with Gasteiger partial charge in [-0.2, -0.15) is 0 Å². The third-order valence-corrected chi connectivity index (χ3v) is 4.48. The van der Waals surface area contributed by atoms with E-state index in [1.54, 1.807) is 0 Å². The Hall–Kier alpha value is -1.12. The Labute approximate surface area is 123 Å². The van der Waals surface area contributed by atoms with E-state index in [1.807, 2.05) is 25.1 Å². The van der Waals surface area contributed by atoms with Crippen molar-refractivity contribution in [2.45, 2.75) is 33.3 Å². The van der Waals surface area contributed by atoms with Gasteiger partial charge in [0.25, 0.3) is 0 Å². The maximum absolute atomic E-state index is 10.4. The van der Waals surface area contributed by atoms with Gasteiger partial charge >= 0.3 is 0 Å². The summed E-state index contributed by atoms with van der Waals surface area (Å²) < 4.78 is 1.05. The molecule has 0 saturated carbocycles. The Bertz CT molecular complexity index is 570. The average Bonchev–Trinajstić information content (AvgIpc) is 2.37. The Balaban J connectivity index is 2.25. The summed E-state index contributed by atoms with van der Waals surface area (Å²) in [6, 6.07) is 12.3. The van der Waals surface area contributed by atoms with E-state index in [0.29, 0.717) is 6.42 Å². The van der Waals surface area contributed by atoms with Crippen LogP contribution in [-0.4, -0.2) is 5.11 Å². The summed E-state index contributed by atoms with van der Waals surface area (Å²) in [4.78, 5) is 0. The highest BCUT2D eigenvalue weighted by atomic mass is 79.9. The van der Waals surface area contributed by atoms with Crippen molar-refractivity contribution in [1.29, 1.82) is 0 Å². The first kappa shape index (κ1) is 14.3. The van der Waals surface area contributed by atoms with Gasteiger partial charge in [0.15, 0.2) is 0 Å². The summed E-state index contributed by atoms with van der Waals surface area (Å²) in [6.07, 6.45) is 0.199. The molecule has 0 fully saturated rings. The molecule has 1 atom stereocenters. The fourth-order valence-corrected chi connectivity index (χ4v) is 2.70. The summed E-state index contributed by atoms with van der Waals surface area (Å²) in [5.74, 6) is 0. The quantitative estimate of drug-likeness (QED) is 0.873. The summed E-state index contributed by atoms with van der Waals surface area (Å²) >= 11 is 3.52. The number of halogens is 1. The van der Waals surface area contributed by atoms with Gasteiger partial charge in [0, 0.05) is 10.9 Å². The van der Waals surface area contributed by atoms with Gasteiger partial charge in [-0.3, -0.25) is 0 Å². The fourth-order valence-electron chi connectivity index (χ4n) is 2.30. The summed E-state index contributed by atoms with van der Waals surface area (Å²) in [5.41, 5.74) is 5.87. The molecule has 1 unspecified atom stereocenters. The number of hydrogen-bond acceptors (Lipinski definition) is 1. The van der Waals surface area contributed by atoms with Gasteiger partial charge in [0.1, 0.15) is 0 Å². The predicted molar refractivity (Wildman–Crippen MR) is 83.5 cm³/mol. The largest absolute Gasteiger partial charge is 0.388 e. The van der Waals surface area contributed by atoms with Gasteiger partial charge in [-0.25, -0.2) is 0 Å². The molecule has 0 spiro atoms. The molecule has 0 aliphatic heterocycles. The van der Waals surface area contributed by atoms with Gasteiger partial charge < -0.3 is 5.11 Å². The van der Waals surface area contributed by atoms with E-state index in [1.165, 1.54) is 22.3 Å². The molecule has 2 rings (SSSR count). The van der Waals surface area contributed by atoms with Crippen LogP contribution in [0.4, 0.5) is 0 Å². The highest BCUT2D eigenvalue weighted by molar-refractivity contribution is 9.10. The van der Waals surface area contributed by atoms with Gasteiger partial charge in [0.05, 0.1) is 6.10 Å². The molecular formula is C17H19BrO. The minimum atomic E-state index is -0.461. The lowest BCUT2D eigenvalue weighted by Crippen LogP contribution is -2.05. The second kappa shape index (κ2) is 5.89. The molecule has 0 radical (unpaired) electrons. The van der Waals surface area contributed by atoms with E-state index < -0.39 is 6.10 Å². The van der Waals surface area contributed by atoms with Crippen LogP contribution in [0.1, 0.15) is 33.9 Å². The van der Waals surface area contributed by atoms with Crippen molar-refractivity contribution < 1.29 is 5.11 Å². The minimum Gasteiger partial charge on any atom is -0.388 e. The van der Waals surface area contributed by atoms with Crippen LogP contribution in [0.2, 0.25) is 0 Å². The van der Waals surface area contributed by atoms with E-state index in [-0.39, 0.29) is 0 Å². The molecular weight excluding hydrogens is 300 g/mol. The van der Waals surface area contributed by atoms with Crippen LogP contribution in [0.5, 0.6) is 0 Å². The average molecular weight is 319 g/mol. The first-order chi connectivity index (χ1) is 8.99. The molecule has 2 heteroatoms. The van der Waals surface area contributed by atoms with Crippen molar-refractivity contribution in [2.75, 3.05) is 0 Å². The SMILES string of the molecule is Cc1ccc(C(O)Cc2c(C)cccc2C)cc1Br. The molecule has 0 aromatic heterocycles. The zero-order chi connectivity index (χ0) is 14.0. The fraction of sp³-hybridized carbons (Fsp3) is 0.294. The first-order valence-electron chi connectivity index (χ1n) is 6.48. The van der Waals surface area contributed by atoms with Crippen LogP contribution in [0, 0.1) is 20.8 Å². The molecule has 0 heterocycles. The third-order valence-electron chi connectivity index (χ3n) is 3.62. The second-order valence-electron chi connectivity index (χ2n) is 5.10. The highest BCUT2D eigenvalue weighted by Gasteiger charge is 2.12. The van der Waals surface area contributed by atoms with E-state index in [9.17, 15) is 5.11 Å². The van der Waals surface area contributed by atoms with Crippen LogP contribution in [-0.2, 0) is 6.42 Å². The lowest BCUT2D eigenvalue weighted by atomic mass is 9.94. The molecule has 19 heavy (non-hydrogen) atoms. The van der Waals surface area contributed by atoms with Crippen molar-refractivity contribution in [3.8, 4) is 0 Å². The third kappa shape index (κ3) is 3.26. The Morgan fingerprint density at radius 3 is 2.21 bits per heavy atom. The van der Waals surface area contributed by atoms with Crippen molar-refractivity contribution in [2.24, 2.45) is 0 Å². The summed E-state index contributed by atoms with van der Waals surface area (Å²) in [7, 11) is 0. The molecule has 1 N–H and O–H groups in total. The number of aryl methyl sites for hydroxylation is 3. The highest BCUT2D eigenvalue weighted by Crippen LogP contribution is 2.26. The number of aliphatic hydroxyl groups is 1. The van der Waals surface area contributed by atoms with Crippen LogP contribution in [0.15, 0.2) is 40.9 Å². The summed E-state index contributed by atoms with van der Waals surface area (Å²) in [5, 5.41) is 10.4. The van der Waals surface area contributed by atoms with E-state index in [4.69, 9.17) is 0 Å². The maximum atomic E-state index is 10.4. The van der Waals surface area contributed by atoms with Crippen LogP contribution >= 0.6 is 15.9 Å². The molecule has 0 saturated heterocycles. The Morgan fingerprint density at radius 2 is 1.63 bits per heavy atom. The van der Waals surface area contributed by atoms with Crippen LogP contribution < -0.4 is 0 Å². The van der Waals surface area contributed by atoms with Gasteiger partial charge in [-0.1, -0.05) is 46.3 Å². The Morgan fingerprint density at radius 1 is 1.00 bits per heavy atom. The van der Waals surface area contributed by atoms with Gasteiger partial charge in [-0.15, -0.1) is 0 Å². The molecule has 0 amide bonds. The molecule has 2 aromatic carbocycles. The normalized spacial score (nSPS) is 12.5. The molecule has 100 valence electrons. The number of benzene rings is 2. The lowest BCUT2D eigenvalue weighted by molar-refractivity contribution is 0.178. The van der Waals surface area contributed by atoms with Crippen molar-refractivity contribution in [3.63, 3.8) is 0 Å². The van der Waals surface area contributed by atoms with E-state index in [0.717, 1.165) is 10.0 Å². The number of hydrogen-bond donors (Lipinski definition) is 1. The second-order valence-corrected chi connectivity index (χ2v) is 5.95. The maximum Gasteiger partial charge on any atom is 0.0830 e. The molecule has 2 aromatic rings. The molecule has 1 nitrogen and oxygen atoms in total. The van der Waals surface area contributed by atoms with Crippen molar-refractivity contribution in [1.82, 2.24) is 0 Å². The van der Waals surface area contributed by atoms with Crippen LogP contribution in [0.3, 0.4) is 0 Å². The molecule has 0 bridgehead atoms. The monoisotopic (exact) mass is 318 g/mol. The molecule has 0 aliphatic rings. The first-order valence-corrected chi connectivity index (χ1v) is 7.27. The number of rotatable bonds is 3. The predicted octanol–water partition coefficient (Wildman–Crippen LogP) is 4.65.